The Bertz CT molecular complexity index is 210. The molecule has 0 saturated heterocycles. The molecular formula is C10H14ClN+. The molecule has 0 heterocycles. The summed E-state index contributed by atoms with van der Waals surface area (Å²) in [7, 11) is 0. The van der Waals surface area contributed by atoms with Crippen molar-refractivity contribution < 1.29 is 0 Å². The molecule has 0 unspecified atom stereocenters. The minimum absolute atomic E-state index is 0.919. The number of rotatable bonds is 4. The molecule has 1 radical (unpaired) electrons. The number of unbranched alkanes of at least 4 members (excludes halogenated alkanes) is 1. The maximum absolute atomic E-state index is 6.02. The number of hydrogen-bond donors (Lipinski definition) is 0. The number of nitrogens with zero attached hydrogens (tertiary/aromatic N) is 1. The Morgan fingerprint density at radius 3 is 2.50 bits per heavy atom. The van der Waals surface area contributed by atoms with E-state index in [1.54, 1.807) is 4.42 Å². The van der Waals surface area contributed by atoms with E-state index in [9.17, 15) is 0 Å². The second-order valence-electron chi connectivity index (χ2n) is 2.77. The summed E-state index contributed by atoms with van der Waals surface area (Å²) in [6.07, 6.45) is 2.31. The van der Waals surface area contributed by atoms with Crippen LogP contribution >= 0.6 is 11.8 Å². The van der Waals surface area contributed by atoms with Gasteiger partial charge in [0.15, 0.2) is 0 Å². The predicted octanol–water partition coefficient (Wildman–Crippen LogP) is 3.41. The average molecular weight is 184 g/mol. The molecule has 12 heavy (non-hydrogen) atoms. The van der Waals surface area contributed by atoms with Gasteiger partial charge in [0.1, 0.15) is 6.54 Å². The molecule has 0 saturated carbocycles. The highest BCUT2D eigenvalue weighted by Gasteiger charge is 2.14. The van der Waals surface area contributed by atoms with Gasteiger partial charge in [-0.15, -0.1) is 0 Å². The van der Waals surface area contributed by atoms with Crippen LogP contribution in [0.1, 0.15) is 19.8 Å². The second-order valence-corrected chi connectivity index (χ2v) is 3.18. The lowest BCUT2D eigenvalue weighted by molar-refractivity contribution is 0.683. The average Bonchev–Trinajstić information content (AvgIpc) is 2.15. The third-order valence-electron chi connectivity index (χ3n) is 1.74. The van der Waals surface area contributed by atoms with E-state index in [2.05, 4.69) is 6.92 Å². The van der Waals surface area contributed by atoms with Gasteiger partial charge in [-0.25, -0.2) is 0 Å². The van der Waals surface area contributed by atoms with Gasteiger partial charge in [0.05, 0.1) is 0 Å². The molecule has 0 aliphatic carbocycles. The monoisotopic (exact) mass is 183 g/mol. The van der Waals surface area contributed by atoms with Crippen molar-refractivity contribution >= 4 is 17.5 Å². The van der Waals surface area contributed by atoms with Gasteiger partial charge in [-0.05, 0) is 4.42 Å². The number of hydrogen-bond acceptors (Lipinski definition) is 1. The number of benzene rings is 1. The molecule has 0 bridgehead atoms. The Morgan fingerprint density at radius 2 is 1.92 bits per heavy atom. The fourth-order valence-electron chi connectivity index (χ4n) is 1.02. The molecule has 2 heteroatoms. The Hall–Kier alpha value is -0.530. The first-order valence-electron chi connectivity index (χ1n) is 4.33. The molecule has 1 aromatic rings. The summed E-state index contributed by atoms with van der Waals surface area (Å²) >= 11 is 6.02. The van der Waals surface area contributed by atoms with E-state index in [4.69, 9.17) is 11.8 Å². The molecule has 1 rings (SSSR count). The molecule has 65 valence electrons. The Balaban J connectivity index is 2.48. The fraction of sp³-hybridized carbons (Fsp3) is 0.400. The Morgan fingerprint density at radius 1 is 1.25 bits per heavy atom. The van der Waals surface area contributed by atoms with Crippen molar-refractivity contribution in [2.45, 2.75) is 19.8 Å². The van der Waals surface area contributed by atoms with Crippen LogP contribution in [0.15, 0.2) is 30.3 Å². The van der Waals surface area contributed by atoms with Crippen molar-refractivity contribution in [3.8, 4) is 0 Å². The molecule has 0 aliphatic rings. The minimum atomic E-state index is 0.919. The summed E-state index contributed by atoms with van der Waals surface area (Å²) in [6.45, 7) is 3.08. The lowest BCUT2D eigenvalue weighted by atomic mass is 10.3. The quantitative estimate of drug-likeness (QED) is 0.631. The van der Waals surface area contributed by atoms with Crippen LogP contribution in [0.3, 0.4) is 0 Å². The zero-order chi connectivity index (χ0) is 8.81. The maximum Gasteiger partial charge on any atom is 0.232 e. The van der Waals surface area contributed by atoms with Crippen molar-refractivity contribution in [1.82, 2.24) is 4.42 Å². The molecule has 0 atom stereocenters. The summed E-state index contributed by atoms with van der Waals surface area (Å²) in [6, 6.07) is 10.0. The second kappa shape index (κ2) is 5.18. The van der Waals surface area contributed by atoms with E-state index in [1.807, 2.05) is 30.3 Å². The van der Waals surface area contributed by atoms with Crippen LogP contribution in [0.5, 0.6) is 0 Å². The summed E-state index contributed by atoms with van der Waals surface area (Å²) in [5.74, 6) is 0. The predicted molar refractivity (Wildman–Crippen MR) is 53.9 cm³/mol. The van der Waals surface area contributed by atoms with Gasteiger partial charge in [-0.2, -0.15) is 0 Å². The highest BCUT2D eigenvalue weighted by atomic mass is 35.5. The van der Waals surface area contributed by atoms with Crippen molar-refractivity contribution in [1.29, 1.82) is 0 Å². The fourth-order valence-corrected chi connectivity index (χ4v) is 1.25. The summed E-state index contributed by atoms with van der Waals surface area (Å²) in [5, 5.41) is 0. The zero-order valence-corrected chi connectivity index (χ0v) is 8.09. The van der Waals surface area contributed by atoms with Gasteiger partial charge < -0.3 is 0 Å². The third-order valence-corrected chi connectivity index (χ3v) is 2.11. The van der Waals surface area contributed by atoms with Crippen LogP contribution in [0, 0.1) is 0 Å². The van der Waals surface area contributed by atoms with Crippen LogP contribution in [0.25, 0.3) is 0 Å². The summed E-state index contributed by atoms with van der Waals surface area (Å²) < 4.78 is 1.77. The van der Waals surface area contributed by atoms with Crippen LogP contribution in [-0.4, -0.2) is 6.54 Å². The van der Waals surface area contributed by atoms with E-state index in [0.717, 1.165) is 18.7 Å². The number of para-hydroxylation sites is 1. The first kappa shape index (κ1) is 9.56. The summed E-state index contributed by atoms with van der Waals surface area (Å²) in [5.41, 5.74) is 1.08. The molecule has 0 N–H and O–H groups in total. The number of halogens is 1. The first-order chi connectivity index (χ1) is 5.84. The Kier molecular flexibility index (Phi) is 4.12. The van der Waals surface area contributed by atoms with Crippen LogP contribution < -0.4 is 4.42 Å². The van der Waals surface area contributed by atoms with Gasteiger partial charge in [0.2, 0.25) is 17.5 Å². The highest BCUT2D eigenvalue weighted by Crippen LogP contribution is 2.15. The SMILES string of the molecule is CCCC[N+](Cl)c1ccccc1. The van der Waals surface area contributed by atoms with Crippen molar-refractivity contribution in [2.75, 3.05) is 6.54 Å². The molecule has 0 aromatic heterocycles. The van der Waals surface area contributed by atoms with E-state index in [-0.39, 0.29) is 0 Å². The van der Waals surface area contributed by atoms with Gasteiger partial charge in [-0.3, -0.25) is 0 Å². The summed E-state index contributed by atoms with van der Waals surface area (Å²) in [4.78, 5) is 0. The lowest BCUT2D eigenvalue weighted by Crippen LogP contribution is -2.12. The van der Waals surface area contributed by atoms with Crippen LogP contribution in [0.2, 0.25) is 0 Å². The highest BCUT2D eigenvalue weighted by molar-refractivity contribution is 6.18. The van der Waals surface area contributed by atoms with E-state index in [0.29, 0.717) is 0 Å². The maximum atomic E-state index is 6.02. The first-order valence-corrected chi connectivity index (χ1v) is 4.66. The van der Waals surface area contributed by atoms with Crippen molar-refractivity contribution in [3.05, 3.63) is 30.3 Å². The molecule has 0 aliphatic heterocycles. The van der Waals surface area contributed by atoms with Crippen molar-refractivity contribution in [3.63, 3.8) is 0 Å². The van der Waals surface area contributed by atoms with Crippen molar-refractivity contribution in [2.24, 2.45) is 0 Å². The van der Waals surface area contributed by atoms with E-state index in [1.165, 1.54) is 6.42 Å². The molecule has 0 spiro atoms. The van der Waals surface area contributed by atoms with Crippen LogP contribution in [0.4, 0.5) is 5.69 Å². The van der Waals surface area contributed by atoms with Gasteiger partial charge >= 0.3 is 0 Å². The normalized spacial score (nSPS) is 10.6. The standard InChI is InChI=1S/C10H14ClN/c1-2-3-9-12(11)10-7-5-4-6-8-10/h4-8H,2-3,9H2,1H3/q+1. The molecular weight excluding hydrogens is 170 g/mol. The molecule has 0 fully saturated rings. The largest absolute Gasteiger partial charge is 0.232 e. The molecule has 0 amide bonds. The lowest BCUT2D eigenvalue weighted by Gasteiger charge is -1.99. The zero-order valence-electron chi connectivity index (χ0n) is 7.33. The van der Waals surface area contributed by atoms with Gasteiger partial charge in [0.25, 0.3) is 0 Å². The molecule has 1 nitrogen and oxygen atoms in total. The van der Waals surface area contributed by atoms with Gasteiger partial charge in [0, 0.05) is 18.6 Å². The van der Waals surface area contributed by atoms with Crippen LogP contribution in [-0.2, 0) is 0 Å². The number of anilines is 1. The molecule has 1 aromatic carbocycles. The van der Waals surface area contributed by atoms with Gasteiger partial charge in [-0.1, -0.05) is 31.5 Å². The minimum Gasteiger partial charge on any atom is -0.0652 e. The smallest absolute Gasteiger partial charge is 0.0652 e. The van der Waals surface area contributed by atoms with E-state index < -0.39 is 0 Å². The topological polar surface area (TPSA) is 5.90 Å². The van der Waals surface area contributed by atoms with E-state index >= 15 is 0 Å². The Labute approximate surface area is 79.1 Å². The third kappa shape index (κ3) is 2.84.